The second-order valence-electron chi connectivity index (χ2n) is 3.06. The van der Waals surface area contributed by atoms with E-state index in [0.717, 1.165) is 0 Å². The molecule has 0 atom stereocenters. The van der Waals surface area contributed by atoms with E-state index in [1.165, 1.54) is 7.11 Å². The molecule has 1 aromatic carbocycles. The maximum atomic E-state index is 13.0. The molecule has 0 amide bonds. The van der Waals surface area contributed by atoms with Crippen molar-refractivity contribution in [2.24, 2.45) is 0 Å². The van der Waals surface area contributed by atoms with E-state index in [9.17, 15) is 22.4 Å². The summed E-state index contributed by atoms with van der Waals surface area (Å²) in [5.74, 6) is -8.46. The Labute approximate surface area is 93.9 Å². The first-order valence-corrected chi connectivity index (χ1v) is 4.43. The quantitative estimate of drug-likeness (QED) is 0.592. The molecular weight excluding hydrogens is 244 g/mol. The normalized spacial score (nSPS) is 10.4. The van der Waals surface area contributed by atoms with Gasteiger partial charge in [-0.1, -0.05) is 0 Å². The number of methoxy groups -OCH3 is 1. The maximum absolute atomic E-state index is 13.0. The minimum Gasteiger partial charge on any atom is -0.479 e. The van der Waals surface area contributed by atoms with Gasteiger partial charge in [0.05, 0.1) is 0 Å². The van der Waals surface area contributed by atoms with Crippen molar-refractivity contribution < 1.29 is 31.8 Å². The molecular formula is C10H8F4O3. The Morgan fingerprint density at radius 3 is 2.12 bits per heavy atom. The standard InChI is InChI=1S/C10H8F4O3/c1-16-3-5(15)4-17-10-8(13)6(11)2-7(12)9(10)14/h2H,3-4H2,1H3. The fourth-order valence-corrected chi connectivity index (χ4v) is 1.03. The lowest BCUT2D eigenvalue weighted by Gasteiger charge is -2.08. The number of halogens is 4. The van der Waals surface area contributed by atoms with Gasteiger partial charge >= 0.3 is 0 Å². The van der Waals surface area contributed by atoms with Crippen LogP contribution in [0.3, 0.4) is 0 Å². The number of carbonyl (C=O) groups is 1. The SMILES string of the molecule is COCC(=O)COc1c(F)c(F)cc(F)c1F. The summed E-state index contributed by atoms with van der Waals surface area (Å²) in [6.45, 7) is -1.08. The van der Waals surface area contributed by atoms with Crippen molar-refractivity contribution in [1.82, 2.24) is 0 Å². The molecule has 7 heteroatoms. The van der Waals surface area contributed by atoms with Gasteiger partial charge in [-0.15, -0.1) is 0 Å². The molecule has 0 bridgehead atoms. The van der Waals surface area contributed by atoms with Gasteiger partial charge < -0.3 is 9.47 Å². The van der Waals surface area contributed by atoms with Gasteiger partial charge in [0.2, 0.25) is 11.6 Å². The van der Waals surface area contributed by atoms with Crippen molar-refractivity contribution in [3.63, 3.8) is 0 Å². The Morgan fingerprint density at radius 2 is 1.65 bits per heavy atom. The van der Waals surface area contributed by atoms with E-state index in [1.54, 1.807) is 0 Å². The van der Waals surface area contributed by atoms with Crippen LogP contribution < -0.4 is 4.74 Å². The molecule has 0 fully saturated rings. The van der Waals surface area contributed by atoms with E-state index >= 15 is 0 Å². The second kappa shape index (κ2) is 5.62. The number of hydrogen-bond acceptors (Lipinski definition) is 3. The van der Waals surface area contributed by atoms with Gasteiger partial charge in [-0.25, -0.2) is 8.78 Å². The molecule has 0 aromatic heterocycles. The van der Waals surface area contributed by atoms with E-state index in [4.69, 9.17) is 0 Å². The first kappa shape index (κ1) is 13.4. The predicted octanol–water partition coefficient (Wildman–Crippen LogP) is 1.84. The fraction of sp³-hybridized carbons (Fsp3) is 0.300. The molecule has 0 spiro atoms. The van der Waals surface area contributed by atoms with Crippen LogP contribution in [0, 0.1) is 23.3 Å². The lowest BCUT2D eigenvalue weighted by Crippen LogP contribution is -2.17. The van der Waals surface area contributed by atoms with Gasteiger partial charge in [0, 0.05) is 13.2 Å². The van der Waals surface area contributed by atoms with Crippen LogP contribution in [0.15, 0.2) is 6.07 Å². The first-order valence-electron chi connectivity index (χ1n) is 4.43. The minimum absolute atomic E-state index is 0.0501. The predicted molar refractivity (Wildman–Crippen MR) is 48.7 cm³/mol. The minimum atomic E-state index is -1.69. The van der Waals surface area contributed by atoms with Crippen LogP contribution in [0.4, 0.5) is 17.6 Å². The summed E-state index contributed by atoms with van der Waals surface area (Å²) in [7, 11) is 1.24. The lowest BCUT2D eigenvalue weighted by atomic mass is 10.3. The molecule has 0 N–H and O–H groups in total. The van der Waals surface area contributed by atoms with E-state index < -0.39 is 41.4 Å². The van der Waals surface area contributed by atoms with E-state index in [0.29, 0.717) is 0 Å². The highest BCUT2D eigenvalue weighted by molar-refractivity contribution is 5.81. The van der Waals surface area contributed by atoms with Crippen molar-refractivity contribution in [3.8, 4) is 5.75 Å². The largest absolute Gasteiger partial charge is 0.479 e. The molecule has 0 saturated heterocycles. The molecule has 0 heterocycles. The van der Waals surface area contributed by atoms with Crippen molar-refractivity contribution in [2.45, 2.75) is 0 Å². The lowest BCUT2D eigenvalue weighted by molar-refractivity contribution is -0.124. The van der Waals surface area contributed by atoms with Crippen molar-refractivity contribution >= 4 is 5.78 Å². The average Bonchev–Trinajstić information content (AvgIpc) is 2.27. The molecule has 0 radical (unpaired) electrons. The number of ether oxygens (including phenoxy) is 2. The molecule has 0 aliphatic heterocycles. The van der Waals surface area contributed by atoms with Crippen molar-refractivity contribution in [3.05, 3.63) is 29.3 Å². The summed E-state index contributed by atoms with van der Waals surface area (Å²) >= 11 is 0. The molecule has 0 aliphatic rings. The summed E-state index contributed by atoms with van der Waals surface area (Å²) < 4.78 is 60.3. The molecule has 0 aliphatic carbocycles. The van der Waals surface area contributed by atoms with Gasteiger partial charge in [0.15, 0.2) is 23.2 Å². The van der Waals surface area contributed by atoms with Gasteiger partial charge in [0.25, 0.3) is 0 Å². The third-order valence-corrected chi connectivity index (χ3v) is 1.75. The summed E-state index contributed by atoms with van der Waals surface area (Å²) in [5.41, 5.74) is 0. The van der Waals surface area contributed by atoms with Crippen molar-refractivity contribution in [1.29, 1.82) is 0 Å². The third kappa shape index (κ3) is 3.16. The summed E-state index contributed by atoms with van der Waals surface area (Å²) in [6.07, 6.45) is 0. The Balaban J connectivity index is 2.87. The number of Topliss-reactive ketones (excluding diaryl/α,β-unsaturated/α-hetero) is 1. The molecule has 3 nitrogen and oxygen atoms in total. The number of carbonyl (C=O) groups excluding carboxylic acids is 1. The van der Waals surface area contributed by atoms with E-state index in [2.05, 4.69) is 9.47 Å². The zero-order chi connectivity index (χ0) is 13.0. The molecule has 0 saturated carbocycles. The zero-order valence-corrected chi connectivity index (χ0v) is 8.73. The maximum Gasteiger partial charge on any atom is 0.203 e. The molecule has 1 rings (SSSR count). The smallest absolute Gasteiger partial charge is 0.203 e. The summed E-state index contributed by atoms with van der Waals surface area (Å²) in [4.78, 5) is 10.9. The second-order valence-corrected chi connectivity index (χ2v) is 3.06. The Bertz CT molecular complexity index is 408. The summed E-state index contributed by atoms with van der Waals surface area (Å²) in [6, 6.07) is 0.0501. The average molecular weight is 252 g/mol. The fourth-order valence-electron chi connectivity index (χ4n) is 1.03. The van der Waals surface area contributed by atoms with Crippen LogP contribution in [-0.4, -0.2) is 26.1 Å². The number of hydrogen-bond donors (Lipinski definition) is 0. The highest BCUT2D eigenvalue weighted by Gasteiger charge is 2.21. The first-order chi connectivity index (χ1) is 7.97. The Kier molecular flexibility index (Phi) is 4.45. The molecule has 94 valence electrons. The Morgan fingerprint density at radius 1 is 1.12 bits per heavy atom. The third-order valence-electron chi connectivity index (χ3n) is 1.75. The monoisotopic (exact) mass is 252 g/mol. The highest BCUT2D eigenvalue weighted by atomic mass is 19.2. The topological polar surface area (TPSA) is 35.5 Å². The van der Waals surface area contributed by atoms with Crippen LogP contribution in [0.5, 0.6) is 5.75 Å². The van der Waals surface area contributed by atoms with Gasteiger partial charge in [0.1, 0.15) is 13.2 Å². The van der Waals surface area contributed by atoms with Crippen LogP contribution in [0.25, 0.3) is 0 Å². The van der Waals surface area contributed by atoms with Crippen LogP contribution >= 0.6 is 0 Å². The van der Waals surface area contributed by atoms with Crippen molar-refractivity contribution in [2.75, 3.05) is 20.3 Å². The number of rotatable bonds is 5. The summed E-state index contributed by atoms with van der Waals surface area (Å²) in [5, 5.41) is 0. The van der Waals surface area contributed by atoms with E-state index in [1.807, 2.05) is 0 Å². The number of benzene rings is 1. The van der Waals surface area contributed by atoms with Crippen LogP contribution in [0.2, 0.25) is 0 Å². The van der Waals surface area contributed by atoms with Crippen LogP contribution in [-0.2, 0) is 9.53 Å². The zero-order valence-electron chi connectivity index (χ0n) is 8.73. The van der Waals surface area contributed by atoms with Gasteiger partial charge in [-0.05, 0) is 0 Å². The van der Waals surface area contributed by atoms with E-state index in [-0.39, 0.29) is 12.7 Å². The number of ketones is 1. The van der Waals surface area contributed by atoms with Crippen LogP contribution in [0.1, 0.15) is 0 Å². The Hall–Kier alpha value is -1.63. The highest BCUT2D eigenvalue weighted by Crippen LogP contribution is 2.26. The molecule has 0 unspecified atom stereocenters. The van der Waals surface area contributed by atoms with Gasteiger partial charge in [-0.3, -0.25) is 4.79 Å². The molecule has 17 heavy (non-hydrogen) atoms. The molecule has 1 aromatic rings. The van der Waals surface area contributed by atoms with Gasteiger partial charge in [-0.2, -0.15) is 8.78 Å².